The van der Waals surface area contributed by atoms with Gasteiger partial charge in [-0.1, -0.05) is 0 Å². The highest BCUT2D eigenvalue weighted by Crippen LogP contribution is 2.17. The molecular weight excluding hydrogens is 267 g/mol. The van der Waals surface area contributed by atoms with Crippen molar-refractivity contribution in [1.82, 2.24) is 0 Å². The van der Waals surface area contributed by atoms with Crippen LogP contribution in [0.5, 0.6) is 0 Å². The van der Waals surface area contributed by atoms with Crippen LogP contribution in [0.25, 0.3) is 0 Å². The average molecular weight is 284 g/mol. The van der Waals surface area contributed by atoms with Crippen molar-refractivity contribution in [2.75, 3.05) is 26.1 Å². The quantitative estimate of drug-likeness (QED) is 0.758. The van der Waals surface area contributed by atoms with Crippen LogP contribution in [0.2, 0.25) is 0 Å². The summed E-state index contributed by atoms with van der Waals surface area (Å²) in [5, 5.41) is 2.34. The van der Waals surface area contributed by atoms with Crippen LogP contribution in [0.3, 0.4) is 0 Å². The van der Waals surface area contributed by atoms with E-state index in [2.05, 4.69) is 10.1 Å². The molecule has 1 aromatic rings. The van der Waals surface area contributed by atoms with Crippen LogP contribution in [0.1, 0.15) is 16.8 Å². The molecule has 0 radical (unpaired) electrons. The van der Waals surface area contributed by atoms with Crippen LogP contribution >= 0.6 is 0 Å². The molecule has 20 heavy (non-hydrogen) atoms. The van der Waals surface area contributed by atoms with Crippen molar-refractivity contribution in [3.8, 4) is 0 Å². The largest absolute Gasteiger partial charge is 0.465 e. The lowest BCUT2D eigenvalue weighted by molar-refractivity contribution is -0.117. The summed E-state index contributed by atoms with van der Waals surface area (Å²) in [4.78, 5) is 23.1. The number of nitrogens with one attached hydrogen (secondary N) is 1. The van der Waals surface area contributed by atoms with E-state index in [0.29, 0.717) is 13.0 Å². The molecule has 0 bridgehead atoms. The van der Waals surface area contributed by atoms with Crippen LogP contribution in [0, 0.1) is 5.82 Å². The minimum absolute atomic E-state index is 0.120. The zero-order valence-corrected chi connectivity index (χ0v) is 11.3. The van der Waals surface area contributed by atoms with Gasteiger partial charge < -0.3 is 20.5 Å². The molecule has 6 nitrogen and oxygen atoms in total. The Kier molecular flexibility index (Phi) is 6.08. The molecule has 0 saturated carbocycles. The lowest BCUT2D eigenvalue weighted by atomic mass is 10.1. The second-order valence-electron chi connectivity index (χ2n) is 4.06. The number of hydrogen-bond acceptors (Lipinski definition) is 5. The normalized spacial score (nSPS) is 11.8. The summed E-state index contributed by atoms with van der Waals surface area (Å²) >= 11 is 0. The molecule has 0 fully saturated rings. The number of amides is 1. The maximum Gasteiger partial charge on any atom is 0.337 e. The van der Waals surface area contributed by atoms with Crippen molar-refractivity contribution in [2.45, 2.75) is 12.5 Å². The first kappa shape index (κ1) is 16.1. The van der Waals surface area contributed by atoms with Gasteiger partial charge in [-0.25, -0.2) is 9.18 Å². The Labute approximate surface area is 116 Å². The fourth-order valence-corrected chi connectivity index (χ4v) is 1.47. The van der Waals surface area contributed by atoms with Gasteiger partial charge in [0.25, 0.3) is 0 Å². The Hall–Kier alpha value is -1.99. The Morgan fingerprint density at radius 3 is 2.70 bits per heavy atom. The molecule has 1 unspecified atom stereocenters. The Morgan fingerprint density at radius 1 is 1.40 bits per heavy atom. The molecule has 1 aromatic carbocycles. The van der Waals surface area contributed by atoms with Crippen molar-refractivity contribution < 1.29 is 23.5 Å². The lowest BCUT2D eigenvalue weighted by Gasteiger charge is -2.12. The smallest absolute Gasteiger partial charge is 0.337 e. The van der Waals surface area contributed by atoms with Crippen LogP contribution in [0.4, 0.5) is 10.1 Å². The number of esters is 1. The number of ether oxygens (including phenoxy) is 2. The van der Waals surface area contributed by atoms with Crippen molar-refractivity contribution in [1.29, 1.82) is 0 Å². The summed E-state index contributed by atoms with van der Waals surface area (Å²) in [5.74, 6) is -1.84. The third-order valence-corrected chi connectivity index (χ3v) is 2.62. The maximum absolute atomic E-state index is 13.6. The SMILES string of the molecule is COCCC(N)C(=O)Nc1cc(C(=O)OC)ccc1F. The van der Waals surface area contributed by atoms with Gasteiger partial charge in [-0.05, 0) is 24.6 Å². The Morgan fingerprint density at radius 2 is 2.10 bits per heavy atom. The Balaban J connectivity index is 2.80. The molecule has 1 atom stereocenters. The summed E-state index contributed by atoms with van der Waals surface area (Å²) in [7, 11) is 2.70. The number of nitrogens with two attached hydrogens (primary N) is 1. The highest BCUT2D eigenvalue weighted by Gasteiger charge is 2.16. The zero-order valence-electron chi connectivity index (χ0n) is 11.3. The maximum atomic E-state index is 13.6. The van der Waals surface area contributed by atoms with Gasteiger partial charge in [0.1, 0.15) is 5.82 Å². The van der Waals surface area contributed by atoms with Crippen molar-refractivity contribution in [3.05, 3.63) is 29.6 Å². The van der Waals surface area contributed by atoms with Gasteiger partial charge in [-0.15, -0.1) is 0 Å². The third-order valence-electron chi connectivity index (χ3n) is 2.62. The van der Waals surface area contributed by atoms with Crippen molar-refractivity contribution >= 4 is 17.6 Å². The predicted octanol–water partition coefficient (Wildman–Crippen LogP) is 0.915. The van der Waals surface area contributed by atoms with E-state index >= 15 is 0 Å². The molecule has 0 aromatic heterocycles. The number of carbonyl (C=O) groups is 2. The van der Waals surface area contributed by atoms with Gasteiger partial charge in [-0.3, -0.25) is 4.79 Å². The monoisotopic (exact) mass is 284 g/mol. The van der Waals surface area contributed by atoms with Gasteiger partial charge in [-0.2, -0.15) is 0 Å². The fraction of sp³-hybridized carbons (Fsp3) is 0.385. The molecule has 0 aliphatic carbocycles. The second-order valence-corrected chi connectivity index (χ2v) is 4.06. The van der Waals surface area contributed by atoms with E-state index in [1.54, 1.807) is 0 Å². The highest BCUT2D eigenvalue weighted by atomic mass is 19.1. The van der Waals surface area contributed by atoms with Crippen LogP contribution in [-0.4, -0.2) is 38.7 Å². The first-order valence-electron chi connectivity index (χ1n) is 5.92. The van der Waals surface area contributed by atoms with E-state index in [0.717, 1.165) is 6.07 Å². The van der Waals surface area contributed by atoms with Crippen molar-refractivity contribution in [2.24, 2.45) is 5.73 Å². The molecule has 1 amide bonds. The zero-order chi connectivity index (χ0) is 15.1. The first-order valence-corrected chi connectivity index (χ1v) is 5.92. The minimum atomic E-state index is -0.823. The lowest BCUT2D eigenvalue weighted by Crippen LogP contribution is -2.36. The Bertz CT molecular complexity index is 493. The van der Waals surface area contributed by atoms with E-state index in [9.17, 15) is 14.0 Å². The number of carbonyl (C=O) groups excluding carboxylic acids is 2. The second kappa shape index (κ2) is 7.56. The standard InChI is InChI=1S/C13H17FN2O4/c1-19-6-5-10(15)12(17)16-11-7-8(13(18)20-2)3-4-9(11)14/h3-4,7,10H,5-6,15H2,1-2H3,(H,16,17). The van der Waals surface area contributed by atoms with Gasteiger partial charge in [0.2, 0.25) is 5.91 Å². The van der Waals surface area contributed by atoms with Gasteiger partial charge in [0.05, 0.1) is 24.4 Å². The minimum Gasteiger partial charge on any atom is -0.465 e. The molecule has 0 aliphatic heterocycles. The number of methoxy groups -OCH3 is 2. The molecule has 0 spiro atoms. The molecule has 0 heterocycles. The number of benzene rings is 1. The molecule has 0 saturated heterocycles. The van der Waals surface area contributed by atoms with Gasteiger partial charge in [0.15, 0.2) is 0 Å². The van der Waals surface area contributed by atoms with E-state index < -0.39 is 23.7 Å². The van der Waals surface area contributed by atoms with Crippen LogP contribution in [-0.2, 0) is 14.3 Å². The topological polar surface area (TPSA) is 90.6 Å². The molecule has 0 aliphatic rings. The number of halogens is 1. The summed E-state index contributed by atoms with van der Waals surface area (Å²) in [6, 6.07) is 2.71. The summed E-state index contributed by atoms with van der Waals surface area (Å²) in [6.45, 7) is 0.319. The summed E-state index contributed by atoms with van der Waals surface area (Å²) < 4.78 is 22.9. The van der Waals surface area contributed by atoms with Crippen LogP contribution in [0.15, 0.2) is 18.2 Å². The summed E-state index contributed by atoms with van der Waals surface area (Å²) in [6.07, 6.45) is 0.306. The third kappa shape index (κ3) is 4.29. The van der Waals surface area contributed by atoms with E-state index in [1.807, 2.05) is 0 Å². The molecular formula is C13H17FN2O4. The van der Waals surface area contributed by atoms with Gasteiger partial charge in [0, 0.05) is 13.7 Å². The number of anilines is 1. The predicted molar refractivity (Wildman–Crippen MR) is 70.8 cm³/mol. The summed E-state index contributed by atoms with van der Waals surface area (Å²) in [5.41, 5.74) is 5.63. The number of hydrogen-bond donors (Lipinski definition) is 2. The fourth-order valence-electron chi connectivity index (χ4n) is 1.47. The van der Waals surface area contributed by atoms with Gasteiger partial charge >= 0.3 is 5.97 Å². The van der Waals surface area contributed by atoms with E-state index in [-0.39, 0.29) is 11.3 Å². The van der Waals surface area contributed by atoms with E-state index in [4.69, 9.17) is 10.5 Å². The van der Waals surface area contributed by atoms with E-state index in [1.165, 1.54) is 26.4 Å². The molecule has 110 valence electrons. The first-order chi connectivity index (χ1) is 9.49. The van der Waals surface area contributed by atoms with Crippen molar-refractivity contribution in [3.63, 3.8) is 0 Å². The highest BCUT2D eigenvalue weighted by molar-refractivity contribution is 5.96. The molecule has 1 rings (SSSR count). The number of rotatable bonds is 6. The van der Waals surface area contributed by atoms with Crippen LogP contribution < -0.4 is 11.1 Å². The molecule has 3 N–H and O–H groups in total. The molecule has 7 heteroatoms. The average Bonchev–Trinajstić information content (AvgIpc) is 2.45.